The predicted octanol–water partition coefficient (Wildman–Crippen LogP) is 1.96. The van der Waals surface area contributed by atoms with Gasteiger partial charge in [-0.2, -0.15) is 5.10 Å². The van der Waals surface area contributed by atoms with Gasteiger partial charge in [0.1, 0.15) is 0 Å². The molecule has 1 saturated heterocycles. The summed E-state index contributed by atoms with van der Waals surface area (Å²) < 4.78 is 18.5. The largest absolute Gasteiger partial charge is 0.494 e. The van der Waals surface area contributed by atoms with Crippen LogP contribution in [0.2, 0.25) is 0 Å². The number of nitrogens with zero attached hydrogens (tertiary/aromatic N) is 2. The number of H-pyrrole nitrogens is 1. The van der Waals surface area contributed by atoms with E-state index in [0.29, 0.717) is 5.52 Å². The monoisotopic (exact) mass is 249 g/mol. The number of likely N-dealkylation sites (tertiary alicyclic amines) is 1. The lowest BCUT2D eigenvalue weighted by molar-refractivity contribution is 0.183. The van der Waals surface area contributed by atoms with Crippen molar-refractivity contribution < 1.29 is 9.13 Å². The Morgan fingerprint density at radius 2 is 2.28 bits per heavy atom. The highest BCUT2D eigenvalue weighted by atomic mass is 19.1. The molecule has 0 unspecified atom stereocenters. The fraction of sp³-hybridized carbons (Fsp3) is 0.462. The van der Waals surface area contributed by atoms with Crippen LogP contribution in [0.4, 0.5) is 4.39 Å². The lowest BCUT2D eigenvalue weighted by Crippen LogP contribution is -2.38. The molecule has 0 bridgehead atoms. The minimum absolute atomic E-state index is 0.272. The molecule has 3 rings (SSSR count). The van der Waals surface area contributed by atoms with Gasteiger partial charge in [-0.05, 0) is 25.6 Å². The summed E-state index contributed by atoms with van der Waals surface area (Å²) in [6.45, 7) is 3.39. The molecular formula is C13H16FN3O. The third kappa shape index (κ3) is 1.95. The zero-order valence-electron chi connectivity index (χ0n) is 10.4. The Hall–Kier alpha value is -1.62. The van der Waals surface area contributed by atoms with E-state index in [9.17, 15) is 4.39 Å². The maximum Gasteiger partial charge on any atom is 0.167 e. The van der Waals surface area contributed by atoms with Crippen molar-refractivity contribution in [2.75, 3.05) is 26.7 Å². The topological polar surface area (TPSA) is 41.1 Å². The normalized spacial score (nSPS) is 15.9. The number of hydrogen-bond acceptors (Lipinski definition) is 3. The summed E-state index contributed by atoms with van der Waals surface area (Å²) in [7, 11) is 1.48. The van der Waals surface area contributed by atoms with Gasteiger partial charge >= 0.3 is 0 Å². The van der Waals surface area contributed by atoms with Crippen LogP contribution in [0, 0.1) is 5.82 Å². The van der Waals surface area contributed by atoms with Gasteiger partial charge in [0, 0.05) is 30.1 Å². The Labute approximate surface area is 105 Å². The van der Waals surface area contributed by atoms with Gasteiger partial charge in [0.25, 0.3) is 0 Å². The molecule has 5 heteroatoms. The number of fused-ring (bicyclic) bond motifs is 1. The first kappa shape index (κ1) is 11.5. The Kier molecular flexibility index (Phi) is 2.91. The predicted molar refractivity (Wildman–Crippen MR) is 67.4 cm³/mol. The summed E-state index contributed by atoms with van der Waals surface area (Å²) in [4.78, 5) is 2.40. The maximum atomic E-state index is 13.5. The molecule has 0 atom stereocenters. The third-order valence-corrected chi connectivity index (χ3v) is 3.53. The van der Waals surface area contributed by atoms with E-state index in [1.807, 2.05) is 0 Å². The molecule has 0 radical (unpaired) electrons. The van der Waals surface area contributed by atoms with Crippen LogP contribution < -0.4 is 4.74 Å². The number of hydrogen-bond donors (Lipinski definition) is 1. The highest BCUT2D eigenvalue weighted by molar-refractivity contribution is 5.83. The van der Waals surface area contributed by atoms with E-state index in [1.54, 1.807) is 6.07 Å². The van der Waals surface area contributed by atoms with Crippen LogP contribution in [0.25, 0.3) is 10.9 Å². The van der Waals surface area contributed by atoms with Crippen molar-refractivity contribution in [1.29, 1.82) is 0 Å². The highest BCUT2D eigenvalue weighted by Gasteiger charge is 2.15. The second-order valence-corrected chi connectivity index (χ2v) is 4.65. The number of rotatable bonds is 4. The summed E-state index contributed by atoms with van der Waals surface area (Å²) in [5.74, 6) is -0.0973. The molecule has 1 fully saturated rings. The van der Waals surface area contributed by atoms with Crippen molar-refractivity contribution in [2.45, 2.75) is 12.8 Å². The number of nitrogens with one attached hydrogen (secondary N) is 1. The Balaban J connectivity index is 1.86. The van der Waals surface area contributed by atoms with E-state index in [0.717, 1.165) is 24.0 Å². The fourth-order valence-electron chi connectivity index (χ4n) is 2.29. The molecule has 1 aromatic carbocycles. The molecular weight excluding hydrogens is 233 g/mol. The van der Waals surface area contributed by atoms with Crippen LogP contribution in [0.3, 0.4) is 0 Å². The van der Waals surface area contributed by atoms with Gasteiger partial charge in [-0.15, -0.1) is 0 Å². The summed E-state index contributed by atoms with van der Waals surface area (Å²) in [6, 6.07) is 3.14. The zero-order chi connectivity index (χ0) is 12.5. The van der Waals surface area contributed by atoms with Gasteiger partial charge in [0.05, 0.1) is 12.6 Å². The van der Waals surface area contributed by atoms with Gasteiger partial charge in [0.2, 0.25) is 0 Å². The average molecular weight is 249 g/mol. The molecule has 2 aromatic rings. The van der Waals surface area contributed by atoms with Crippen LogP contribution in [0.5, 0.6) is 5.75 Å². The van der Waals surface area contributed by atoms with Gasteiger partial charge in [-0.3, -0.25) is 5.10 Å². The van der Waals surface area contributed by atoms with Crippen molar-refractivity contribution in [1.82, 2.24) is 15.1 Å². The van der Waals surface area contributed by atoms with Crippen LogP contribution >= 0.6 is 0 Å². The molecule has 0 aliphatic carbocycles. The second-order valence-electron chi connectivity index (χ2n) is 4.65. The van der Waals surface area contributed by atoms with Gasteiger partial charge in [0.15, 0.2) is 11.6 Å². The number of methoxy groups -OCH3 is 1. The maximum absolute atomic E-state index is 13.5. The Bertz CT molecular complexity index is 563. The number of halogens is 1. The first-order valence-corrected chi connectivity index (χ1v) is 6.21. The molecule has 1 aromatic heterocycles. The van der Waals surface area contributed by atoms with E-state index in [1.165, 1.54) is 32.7 Å². The van der Waals surface area contributed by atoms with Crippen molar-refractivity contribution >= 4 is 10.9 Å². The van der Waals surface area contributed by atoms with Gasteiger partial charge in [-0.25, -0.2) is 4.39 Å². The van der Waals surface area contributed by atoms with Crippen LogP contribution in [-0.2, 0) is 6.42 Å². The third-order valence-electron chi connectivity index (χ3n) is 3.53. The van der Waals surface area contributed by atoms with Crippen LogP contribution in [0.15, 0.2) is 12.1 Å². The molecule has 1 aliphatic heterocycles. The van der Waals surface area contributed by atoms with Crippen molar-refractivity contribution in [3.05, 3.63) is 23.6 Å². The van der Waals surface area contributed by atoms with E-state index in [4.69, 9.17) is 4.74 Å². The standard InChI is InChI=1S/C13H16FN3O/c1-18-13-7-9-11(3-6-17-4-2-5-17)15-16-12(9)8-10(13)14/h7-8H,2-6H2,1H3,(H,15,16). The average Bonchev–Trinajstić information content (AvgIpc) is 2.68. The van der Waals surface area contributed by atoms with Crippen molar-refractivity contribution in [2.24, 2.45) is 0 Å². The van der Waals surface area contributed by atoms with Crippen LogP contribution in [-0.4, -0.2) is 41.8 Å². The second kappa shape index (κ2) is 4.57. The van der Waals surface area contributed by atoms with Gasteiger partial charge < -0.3 is 9.64 Å². The van der Waals surface area contributed by atoms with E-state index >= 15 is 0 Å². The smallest absolute Gasteiger partial charge is 0.167 e. The van der Waals surface area contributed by atoms with Crippen molar-refractivity contribution in [3.8, 4) is 5.75 Å². The SMILES string of the molecule is COc1cc2c(CCN3CCC3)[nH]nc2cc1F. The molecule has 1 N–H and O–H groups in total. The molecule has 2 heterocycles. The highest BCUT2D eigenvalue weighted by Crippen LogP contribution is 2.26. The number of aromatic amines is 1. The molecule has 0 saturated carbocycles. The zero-order valence-corrected chi connectivity index (χ0v) is 10.4. The summed E-state index contributed by atoms with van der Waals surface area (Å²) in [5.41, 5.74) is 1.71. The Morgan fingerprint density at radius 1 is 1.44 bits per heavy atom. The lowest BCUT2D eigenvalue weighted by atomic mass is 10.1. The Morgan fingerprint density at radius 3 is 2.94 bits per heavy atom. The van der Waals surface area contributed by atoms with E-state index in [2.05, 4.69) is 15.1 Å². The number of benzene rings is 1. The number of aromatic nitrogens is 2. The first-order chi connectivity index (χ1) is 8.78. The lowest BCUT2D eigenvalue weighted by Gasteiger charge is -2.30. The van der Waals surface area contributed by atoms with Crippen LogP contribution in [0.1, 0.15) is 12.1 Å². The minimum Gasteiger partial charge on any atom is -0.494 e. The summed E-state index contributed by atoms with van der Waals surface area (Å²) in [5, 5.41) is 8.09. The van der Waals surface area contributed by atoms with E-state index in [-0.39, 0.29) is 11.6 Å². The number of ether oxygens (including phenoxy) is 1. The molecule has 0 spiro atoms. The van der Waals surface area contributed by atoms with Crippen molar-refractivity contribution in [3.63, 3.8) is 0 Å². The summed E-state index contributed by atoms with van der Waals surface area (Å²) >= 11 is 0. The molecule has 18 heavy (non-hydrogen) atoms. The van der Waals surface area contributed by atoms with Gasteiger partial charge in [-0.1, -0.05) is 0 Å². The minimum atomic E-state index is -0.370. The summed E-state index contributed by atoms with van der Waals surface area (Å²) in [6.07, 6.45) is 2.20. The fourth-order valence-corrected chi connectivity index (χ4v) is 2.29. The first-order valence-electron chi connectivity index (χ1n) is 6.21. The quantitative estimate of drug-likeness (QED) is 0.900. The molecule has 4 nitrogen and oxygen atoms in total. The molecule has 0 amide bonds. The molecule has 1 aliphatic rings. The van der Waals surface area contributed by atoms with E-state index < -0.39 is 0 Å². The molecule has 96 valence electrons.